The van der Waals surface area contributed by atoms with Crippen LogP contribution in [-0.2, 0) is 18.6 Å². The molecule has 1 atom stereocenters. The van der Waals surface area contributed by atoms with E-state index in [1.807, 2.05) is 27.7 Å². The van der Waals surface area contributed by atoms with E-state index in [9.17, 15) is 0 Å². The molecule has 0 bridgehead atoms. The van der Waals surface area contributed by atoms with Crippen molar-refractivity contribution in [2.45, 2.75) is 64.8 Å². The molecule has 4 nitrogen and oxygen atoms in total. The summed E-state index contributed by atoms with van der Waals surface area (Å²) in [6, 6.07) is 0. The molecular formula is C11H22B2O4. The molecule has 6 heteroatoms. The largest absolute Gasteiger partial charge is 0.488 e. The quantitative estimate of drug-likeness (QED) is 0.690. The Hall–Kier alpha value is -0.0301. The van der Waals surface area contributed by atoms with Crippen LogP contribution in [-0.4, -0.2) is 37.4 Å². The van der Waals surface area contributed by atoms with Gasteiger partial charge in [0.05, 0.1) is 23.4 Å². The summed E-state index contributed by atoms with van der Waals surface area (Å²) in [4.78, 5) is 0. The molecule has 1 unspecified atom stereocenters. The second-order valence-corrected chi connectivity index (χ2v) is 6.23. The van der Waals surface area contributed by atoms with Crippen LogP contribution < -0.4 is 0 Å². The summed E-state index contributed by atoms with van der Waals surface area (Å²) in [5.74, 6) is 0. The minimum Gasteiger partial charge on any atom is -0.410 e. The second kappa shape index (κ2) is 3.98. The van der Waals surface area contributed by atoms with Crippen molar-refractivity contribution in [2.24, 2.45) is 0 Å². The first-order chi connectivity index (χ1) is 7.69. The molecule has 2 aliphatic rings. The van der Waals surface area contributed by atoms with Gasteiger partial charge in [-0.3, -0.25) is 0 Å². The van der Waals surface area contributed by atoms with Crippen molar-refractivity contribution in [3.8, 4) is 0 Å². The van der Waals surface area contributed by atoms with Crippen molar-refractivity contribution in [1.29, 1.82) is 0 Å². The molecule has 2 aliphatic heterocycles. The van der Waals surface area contributed by atoms with Crippen molar-refractivity contribution >= 4 is 14.0 Å². The molecule has 2 saturated heterocycles. The Morgan fingerprint density at radius 3 is 1.82 bits per heavy atom. The Balaban J connectivity index is 2.03. The Labute approximate surface area is 105 Å². The molecule has 0 spiro atoms. The Morgan fingerprint density at radius 1 is 0.882 bits per heavy atom. The standard InChI is InChI=1S/C11H22B2O4/c1-7-11(6)8-14-12(17-11)13-15-9(2,3)10(4,5)16-13/h7-8H2,1-6H3. The highest BCUT2D eigenvalue weighted by Crippen LogP contribution is 2.39. The fourth-order valence-corrected chi connectivity index (χ4v) is 1.93. The van der Waals surface area contributed by atoms with Crippen LogP contribution in [0.15, 0.2) is 0 Å². The summed E-state index contributed by atoms with van der Waals surface area (Å²) in [5.41, 5.74) is -0.889. The minimum absolute atomic E-state index is 0.214. The predicted octanol–water partition coefficient (Wildman–Crippen LogP) is 1.86. The Kier molecular flexibility index (Phi) is 3.14. The van der Waals surface area contributed by atoms with Crippen LogP contribution in [0.25, 0.3) is 0 Å². The summed E-state index contributed by atoms with van der Waals surface area (Å²) in [5, 5.41) is 0. The molecule has 0 amide bonds. The van der Waals surface area contributed by atoms with Gasteiger partial charge in [-0.2, -0.15) is 0 Å². The third kappa shape index (κ3) is 2.28. The lowest BCUT2D eigenvalue weighted by atomic mass is 9.49. The minimum atomic E-state index is -0.437. The summed E-state index contributed by atoms with van der Waals surface area (Å²) in [6.45, 7) is 12.9. The fraction of sp³-hybridized carbons (Fsp3) is 1.00. The molecule has 0 aromatic heterocycles. The van der Waals surface area contributed by atoms with Crippen molar-refractivity contribution in [3.63, 3.8) is 0 Å². The van der Waals surface area contributed by atoms with Gasteiger partial charge in [-0.1, -0.05) is 6.92 Å². The second-order valence-electron chi connectivity index (χ2n) is 6.23. The Bertz CT molecular complexity index is 292. The molecule has 17 heavy (non-hydrogen) atoms. The highest BCUT2D eigenvalue weighted by atomic mass is 16.7. The zero-order valence-electron chi connectivity index (χ0n) is 11.7. The van der Waals surface area contributed by atoms with Gasteiger partial charge >= 0.3 is 14.0 Å². The van der Waals surface area contributed by atoms with E-state index < -0.39 is 14.0 Å². The van der Waals surface area contributed by atoms with E-state index in [1.165, 1.54) is 0 Å². The van der Waals surface area contributed by atoms with E-state index in [-0.39, 0.29) is 16.8 Å². The van der Waals surface area contributed by atoms with Gasteiger partial charge in [0.15, 0.2) is 0 Å². The third-order valence-corrected chi connectivity index (χ3v) is 4.20. The van der Waals surface area contributed by atoms with Crippen LogP contribution in [0.5, 0.6) is 0 Å². The van der Waals surface area contributed by atoms with Gasteiger partial charge < -0.3 is 18.6 Å². The highest BCUT2D eigenvalue weighted by molar-refractivity contribution is 7.11. The van der Waals surface area contributed by atoms with Gasteiger partial charge in [-0.15, -0.1) is 0 Å². The van der Waals surface area contributed by atoms with Crippen LogP contribution in [0.4, 0.5) is 0 Å². The SMILES string of the molecule is CCC1(C)COB(B2OC(C)(C)C(C)(C)O2)O1. The van der Waals surface area contributed by atoms with E-state index in [0.29, 0.717) is 6.61 Å². The van der Waals surface area contributed by atoms with Crippen LogP contribution in [0.1, 0.15) is 48.0 Å². The molecule has 0 radical (unpaired) electrons. The molecule has 0 N–H and O–H groups in total. The zero-order valence-corrected chi connectivity index (χ0v) is 11.7. The number of hydrogen-bond acceptors (Lipinski definition) is 4. The average Bonchev–Trinajstić information content (AvgIpc) is 2.68. The summed E-state index contributed by atoms with van der Waals surface area (Å²) in [6.07, 6.45) is 0.920. The number of rotatable bonds is 2. The molecule has 96 valence electrons. The molecule has 0 aromatic rings. The van der Waals surface area contributed by atoms with Crippen LogP contribution in [0.3, 0.4) is 0 Å². The summed E-state index contributed by atoms with van der Waals surface area (Å²) in [7, 11) is -0.852. The average molecular weight is 240 g/mol. The molecule has 0 saturated carbocycles. The lowest BCUT2D eigenvalue weighted by molar-refractivity contribution is 0.00578. The summed E-state index contributed by atoms with van der Waals surface area (Å²) < 4.78 is 23.4. The summed E-state index contributed by atoms with van der Waals surface area (Å²) >= 11 is 0. The maximum absolute atomic E-state index is 5.91. The highest BCUT2D eigenvalue weighted by Gasteiger charge is 2.60. The molecule has 2 rings (SSSR count). The van der Waals surface area contributed by atoms with Crippen molar-refractivity contribution in [3.05, 3.63) is 0 Å². The van der Waals surface area contributed by atoms with Gasteiger partial charge in [0.25, 0.3) is 0 Å². The first-order valence-electron chi connectivity index (χ1n) is 6.34. The van der Waals surface area contributed by atoms with Gasteiger partial charge in [-0.25, -0.2) is 0 Å². The lowest BCUT2D eigenvalue weighted by Gasteiger charge is -2.32. The molecule has 0 aliphatic carbocycles. The monoisotopic (exact) mass is 240 g/mol. The van der Waals surface area contributed by atoms with Crippen molar-refractivity contribution < 1.29 is 18.6 Å². The van der Waals surface area contributed by atoms with Crippen LogP contribution in [0.2, 0.25) is 0 Å². The molecular weight excluding hydrogens is 218 g/mol. The first-order valence-corrected chi connectivity index (χ1v) is 6.34. The van der Waals surface area contributed by atoms with E-state index in [2.05, 4.69) is 13.8 Å². The first kappa shape index (κ1) is 13.4. The van der Waals surface area contributed by atoms with Crippen LogP contribution >= 0.6 is 0 Å². The lowest BCUT2D eigenvalue weighted by Crippen LogP contribution is -2.42. The van der Waals surface area contributed by atoms with E-state index in [1.54, 1.807) is 0 Å². The van der Waals surface area contributed by atoms with Gasteiger partial charge in [0.2, 0.25) is 0 Å². The maximum Gasteiger partial charge on any atom is 0.488 e. The van der Waals surface area contributed by atoms with Crippen molar-refractivity contribution in [1.82, 2.24) is 0 Å². The smallest absolute Gasteiger partial charge is 0.410 e. The number of hydrogen-bond donors (Lipinski definition) is 0. The predicted molar refractivity (Wildman–Crippen MR) is 67.6 cm³/mol. The normalized spacial score (nSPS) is 35.6. The Morgan fingerprint density at radius 2 is 1.41 bits per heavy atom. The van der Waals surface area contributed by atoms with E-state index in [0.717, 1.165) is 6.42 Å². The zero-order chi connectivity index (χ0) is 12.9. The topological polar surface area (TPSA) is 36.9 Å². The molecule has 2 heterocycles. The maximum atomic E-state index is 5.91. The van der Waals surface area contributed by atoms with Gasteiger partial charge in [0, 0.05) is 0 Å². The molecule has 2 fully saturated rings. The van der Waals surface area contributed by atoms with E-state index >= 15 is 0 Å². The fourth-order valence-electron chi connectivity index (χ4n) is 1.93. The van der Waals surface area contributed by atoms with Crippen molar-refractivity contribution in [2.75, 3.05) is 6.61 Å². The van der Waals surface area contributed by atoms with Gasteiger partial charge in [-0.05, 0) is 41.0 Å². The van der Waals surface area contributed by atoms with Gasteiger partial charge in [0.1, 0.15) is 0 Å². The molecule has 0 aromatic carbocycles. The van der Waals surface area contributed by atoms with Crippen LogP contribution in [0, 0.1) is 0 Å². The third-order valence-electron chi connectivity index (χ3n) is 4.20. The van der Waals surface area contributed by atoms with E-state index in [4.69, 9.17) is 18.6 Å².